The van der Waals surface area contributed by atoms with E-state index in [0.717, 1.165) is 17.7 Å². The van der Waals surface area contributed by atoms with E-state index in [-0.39, 0.29) is 5.91 Å². The van der Waals surface area contributed by atoms with Gasteiger partial charge in [0.25, 0.3) is 0 Å². The van der Waals surface area contributed by atoms with E-state index in [0.29, 0.717) is 36.8 Å². The molecular formula is C16H24N2O3S2. The molecule has 0 saturated carbocycles. The maximum absolute atomic E-state index is 12.4. The highest BCUT2D eigenvalue weighted by Gasteiger charge is 2.26. The van der Waals surface area contributed by atoms with Crippen LogP contribution in [0.2, 0.25) is 0 Å². The quantitative estimate of drug-likeness (QED) is 0.704. The Balaban J connectivity index is 1.98. The maximum Gasteiger partial charge on any atom is 0.243 e. The number of amides is 1. The van der Waals surface area contributed by atoms with Crippen molar-refractivity contribution in [3.63, 3.8) is 0 Å². The number of sulfonamides is 1. The lowest BCUT2D eigenvalue weighted by Crippen LogP contribution is -2.31. The molecule has 1 amide bonds. The van der Waals surface area contributed by atoms with Crippen LogP contribution in [-0.4, -0.2) is 55.5 Å². The van der Waals surface area contributed by atoms with Crippen molar-refractivity contribution >= 4 is 27.7 Å². The predicted octanol–water partition coefficient (Wildman–Crippen LogP) is 2.43. The van der Waals surface area contributed by atoms with E-state index in [1.807, 2.05) is 13.8 Å². The lowest BCUT2D eigenvalue weighted by atomic mass is 10.4. The number of carbonyl (C=O) groups is 1. The van der Waals surface area contributed by atoms with Gasteiger partial charge in [-0.25, -0.2) is 8.42 Å². The van der Waals surface area contributed by atoms with Gasteiger partial charge in [-0.3, -0.25) is 4.79 Å². The molecule has 0 N–H and O–H groups in total. The van der Waals surface area contributed by atoms with E-state index in [4.69, 9.17) is 0 Å². The van der Waals surface area contributed by atoms with Gasteiger partial charge in [-0.2, -0.15) is 4.31 Å². The van der Waals surface area contributed by atoms with Crippen LogP contribution in [0.25, 0.3) is 0 Å². The first-order valence-corrected chi connectivity index (χ1v) is 10.4. The van der Waals surface area contributed by atoms with E-state index in [1.165, 1.54) is 11.8 Å². The summed E-state index contributed by atoms with van der Waals surface area (Å²) in [6.07, 6.45) is 1.86. The topological polar surface area (TPSA) is 57.7 Å². The van der Waals surface area contributed by atoms with Crippen LogP contribution in [0.15, 0.2) is 34.1 Å². The number of hydrogen-bond donors (Lipinski definition) is 0. The summed E-state index contributed by atoms with van der Waals surface area (Å²) in [5, 5.41) is 0. The summed E-state index contributed by atoms with van der Waals surface area (Å²) < 4.78 is 26.4. The molecule has 0 spiro atoms. The first kappa shape index (κ1) is 18.3. The van der Waals surface area contributed by atoms with E-state index in [2.05, 4.69) is 0 Å². The van der Waals surface area contributed by atoms with Crippen molar-refractivity contribution in [1.29, 1.82) is 0 Å². The molecule has 1 aliphatic rings. The van der Waals surface area contributed by atoms with Crippen molar-refractivity contribution in [2.75, 3.05) is 31.9 Å². The van der Waals surface area contributed by atoms with Crippen molar-refractivity contribution in [3.8, 4) is 0 Å². The van der Waals surface area contributed by atoms with Crippen LogP contribution >= 0.6 is 11.8 Å². The second-order valence-electron chi connectivity index (χ2n) is 5.44. The Bertz CT molecular complexity index is 619. The number of thioether (sulfide) groups is 1. The van der Waals surface area contributed by atoms with Gasteiger partial charge in [-0.1, -0.05) is 0 Å². The average Bonchev–Trinajstić information content (AvgIpc) is 3.10. The summed E-state index contributed by atoms with van der Waals surface area (Å²) in [7, 11) is -3.36. The Morgan fingerprint density at radius 3 is 2.22 bits per heavy atom. The van der Waals surface area contributed by atoms with E-state index >= 15 is 0 Å². The van der Waals surface area contributed by atoms with Crippen molar-refractivity contribution < 1.29 is 13.2 Å². The number of hydrogen-bond acceptors (Lipinski definition) is 4. The molecule has 0 unspecified atom stereocenters. The Morgan fingerprint density at radius 1 is 1.13 bits per heavy atom. The predicted molar refractivity (Wildman–Crippen MR) is 93.1 cm³/mol. The molecule has 1 aliphatic heterocycles. The minimum absolute atomic E-state index is 0.105. The van der Waals surface area contributed by atoms with Gasteiger partial charge in [-0.05, 0) is 51.0 Å². The Hall–Kier alpha value is -1.05. The van der Waals surface area contributed by atoms with Gasteiger partial charge in [-0.15, -0.1) is 11.8 Å². The molecule has 0 radical (unpaired) electrons. The second-order valence-corrected chi connectivity index (χ2v) is 8.42. The largest absolute Gasteiger partial charge is 0.343 e. The summed E-state index contributed by atoms with van der Waals surface area (Å²) >= 11 is 1.44. The van der Waals surface area contributed by atoms with Gasteiger partial charge < -0.3 is 4.90 Å². The fourth-order valence-corrected chi connectivity index (χ4v) is 4.92. The third-order valence-electron chi connectivity index (χ3n) is 4.00. The zero-order chi connectivity index (χ0) is 16.9. The molecule has 1 fully saturated rings. The van der Waals surface area contributed by atoms with E-state index < -0.39 is 10.0 Å². The molecule has 0 aromatic heterocycles. The third-order valence-corrected chi connectivity index (χ3v) is 6.91. The molecule has 7 heteroatoms. The van der Waals surface area contributed by atoms with Crippen LogP contribution in [0.1, 0.15) is 26.7 Å². The highest BCUT2D eigenvalue weighted by molar-refractivity contribution is 8.00. The Labute approximate surface area is 143 Å². The van der Waals surface area contributed by atoms with Crippen LogP contribution in [0.5, 0.6) is 0 Å². The molecule has 0 atom stereocenters. The summed E-state index contributed by atoms with van der Waals surface area (Å²) in [5.74, 6) is 0.480. The summed E-state index contributed by atoms with van der Waals surface area (Å²) in [4.78, 5) is 15.0. The average molecular weight is 357 g/mol. The minimum atomic E-state index is -3.36. The fraction of sp³-hybridized carbons (Fsp3) is 0.562. The normalized spacial score (nSPS) is 15.7. The smallest absolute Gasteiger partial charge is 0.243 e. The molecule has 2 rings (SSSR count). The summed E-state index contributed by atoms with van der Waals surface area (Å²) in [5.41, 5.74) is 0. The number of benzene rings is 1. The van der Waals surface area contributed by atoms with Gasteiger partial charge in [0.15, 0.2) is 0 Å². The van der Waals surface area contributed by atoms with Gasteiger partial charge >= 0.3 is 0 Å². The first-order chi connectivity index (χ1) is 11.0. The van der Waals surface area contributed by atoms with Crippen LogP contribution in [0.4, 0.5) is 0 Å². The van der Waals surface area contributed by atoms with Gasteiger partial charge in [0.2, 0.25) is 15.9 Å². The molecule has 5 nitrogen and oxygen atoms in total. The molecule has 1 aromatic carbocycles. The zero-order valence-electron chi connectivity index (χ0n) is 13.7. The molecule has 0 bridgehead atoms. The molecular weight excluding hydrogens is 332 g/mol. The third kappa shape index (κ3) is 4.49. The van der Waals surface area contributed by atoms with Gasteiger partial charge in [0.05, 0.1) is 10.6 Å². The van der Waals surface area contributed by atoms with Crippen molar-refractivity contribution in [2.45, 2.75) is 36.5 Å². The first-order valence-electron chi connectivity index (χ1n) is 7.99. The number of nitrogens with zero attached hydrogens (tertiary/aromatic N) is 2. The molecule has 1 saturated heterocycles. The van der Waals surface area contributed by atoms with Crippen molar-refractivity contribution in [2.24, 2.45) is 0 Å². The standard InChI is InChI=1S/C16H24N2O3S2/c1-3-17(4-2)16(19)13-22-14-7-9-15(10-8-14)23(20,21)18-11-5-6-12-18/h7-10H,3-6,11-13H2,1-2H3. The van der Waals surface area contributed by atoms with Crippen LogP contribution < -0.4 is 0 Å². The number of rotatable bonds is 7. The zero-order valence-corrected chi connectivity index (χ0v) is 15.3. The van der Waals surface area contributed by atoms with Crippen molar-refractivity contribution in [3.05, 3.63) is 24.3 Å². The summed E-state index contributed by atoms with van der Waals surface area (Å²) in [6.45, 7) is 6.56. The fourth-order valence-electron chi connectivity index (χ4n) is 2.60. The second kappa shape index (κ2) is 8.17. The maximum atomic E-state index is 12.4. The lowest BCUT2D eigenvalue weighted by Gasteiger charge is -2.18. The molecule has 128 valence electrons. The Kier molecular flexibility index (Phi) is 6.50. The van der Waals surface area contributed by atoms with Gasteiger partial charge in [0.1, 0.15) is 0 Å². The lowest BCUT2D eigenvalue weighted by molar-refractivity contribution is -0.127. The monoisotopic (exact) mass is 356 g/mol. The highest BCUT2D eigenvalue weighted by Crippen LogP contribution is 2.24. The SMILES string of the molecule is CCN(CC)C(=O)CSc1ccc(S(=O)(=O)N2CCCC2)cc1. The van der Waals surface area contributed by atoms with E-state index in [1.54, 1.807) is 33.5 Å². The Morgan fingerprint density at radius 2 is 1.70 bits per heavy atom. The number of carbonyl (C=O) groups excluding carboxylic acids is 1. The van der Waals surface area contributed by atoms with Crippen LogP contribution in [0.3, 0.4) is 0 Å². The summed E-state index contributed by atoms with van der Waals surface area (Å²) in [6, 6.07) is 6.84. The van der Waals surface area contributed by atoms with Crippen LogP contribution in [-0.2, 0) is 14.8 Å². The highest BCUT2D eigenvalue weighted by atomic mass is 32.2. The van der Waals surface area contributed by atoms with Crippen molar-refractivity contribution in [1.82, 2.24) is 9.21 Å². The molecule has 0 aliphatic carbocycles. The molecule has 1 heterocycles. The molecule has 1 aromatic rings. The van der Waals surface area contributed by atoms with E-state index in [9.17, 15) is 13.2 Å². The van der Waals surface area contributed by atoms with Crippen LogP contribution in [0, 0.1) is 0 Å². The minimum Gasteiger partial charge on any atom is -0.343 e. The van der Waals surface area contributed by atoms with Gasteiger partial charge in [0, 0.05) is 31.1 Å². The molecule has 23 heavy (non-hydrogen) atoms.